The number of rotatable bonds is 5. The first-order valence-electron chi connectivity index (χ1n) is 6.44. The molecule has 0 aromatic carbocycles. The summed E-state index contributed by atoms with van der Waals surface area (Å²) in [5.41, 5.74) is 0.498. The van der Waals surface area contributed by atoms with Crippen LogP contribution in [-0.2, 0) is 7.05 Å². The van der Waals surface area contributed by atoms with Gasteiger partial charge in [-0.25, -0.2) is 0 Å². The molecule has 1 heterocycles. The molecule has 0 spiro atoms. The molecule has 18 heavy (non-hydrogen) atoms. The molecule has 5 heteroatoms. The fraction of sp³-hybridized carbons (Fsp3) is 0.692. The fourth-order valence-corrected chi connectivity index (χ4v) is 2.50. The predicted octanol–water partition coefficient (Wildman–Crippen LogP) is 3.22. The minimum Gasteiger partial charge on any atom is -0.332 e. The van der Waals surface area contributed by atoms with Gasteiger partial charge in [0.1, 0.15) is 0 Å². The molecule has 0 saturated carbocycles. The topological polar surface area (TPSA) is 38.1 Å². The molecule has 0 bridgehead atoms. The van der Waals surface area contributed by atoms with Crippen molar-refractivity contribution >= 4 is 21.8 Å². The lowest BCUT2D eigenvalue weighted by Crippen LogP contribution is -2.44. The molecule has 0 aliphatic rings. The van der Waals surface area contributed by atoms with Crippen molar-refractivity contribution in [3.8, 4) is 0 Å². The number of carbonyl (C=O) groups is 1. The maximum absolute atomic E-state index is 12.6. The molecule has 1 aromatic heterocycles. The maximum atomic E-state index is 12.6. The van der Waals surface area contributed by atoms with Gasteiger partial charge in [0.15, 0.2) is 5.69 Å². The number of hydrogen-bond donors (Lipinski definition) is 0. The average Bonchev–Trinajstić information content (AvgIpc) is 2.67. The Morgan fingerprint density at radius 3 is 2.22 bits per heavy atom. The molecule has 0 radical (unpaired) electrons. The molecule has 0 saturated heterocycles. The van der Waals surface area contributed by atoms with E-state index in [1.165, 1.54) is 0 Å². The van der Waals surface area contributed by atoms with Gasteiger partial charge in [-0.15, -0.1) is 0 Å². The van der Waals surface area contributed by atoms with E-state index >= 15 is 0 Å². The Labute approximate surface area is 117 Å². The summed E-state index contributed by atoms with van der Waals surface area (Å²) in [6.45, 7) is 8.36. The van der Waals surface area contributed by atoms with Gasteiger partial charge in [-0.2, -0.15) is 5.10 Å². The van der Waals surface area contributed by atoms with E-state index in [0.29, 0.717) is 5.69 Å². The Morgan fingerprint density at radius 2 is 1.89 bits per heavy atom. The van der Waals surface area contributed by atoms with Gasteiger partial charge in [0.2, 0.25) is 0 Å². The number of amides is 1. The molecule has 0 N–H and O–H groups in total. The van der Waals surface area contributed by atoms with Gasteiger partial charge in [-0.3, -0.25) is 9.48 Å². The van der Waals surface area contributed by atoms with Crippen LogP contribution in [0.5, 0.6) is 0 Å². The fourth-order valence-electron chi connectivity index (χ4n) is 1.95. The van der Waals surface area contributed by atoms with Crippen molar-refractivity contribution in [1.29, 1.82) is 0 Å². The molecule has 4 nitrogen and oxygen atoms in total. The summed E-state index contributed by atoms with van der Waals surface area (Å²) in [5, 5.41) is 4.24. The second-order valence-electron chi connectivity index (χ2n) is 4.73. The minimum atomic E-state index is 0.00572. The highest BCUT2D eigenvalue weighted by Crippen LogP contribution is 2.21. The Kier molecular flexibility index (Phi) is 5.38. The van der Waals surface area contributed by atoms with Crippen LogP contribution < -0.4 is 0 Å². The highest BCUT2D eigenvalue weighted by Gasteiger charge is 2.27. The monoisotopic (exact) mass is 315 g/mol. The average molecular weight is 316 g/mol. The first-order chi connectivity index (χ1) is 8.42. The Balaban J connectivity index is 3.06. The number of nitrogens with zero attached hydrogens (tertiary/aromatic N) is 3. The summed E-state index contributed by atoms with van der Waals surface area (Å²) in [7, 11) is 1.82. The number of aryl methyl sites for hydroxylation is 1. The van der Waals surface area contributed by atoms with Crippen LogP contribution in [0.15, 0.2) is 10.7 Å². The lowest BCUT2D eigenvalue weighted by molar-refractivity contribution is 0.0590. The normalized spacial score (nSPS) is 14.3. The number of hydrogen-bond acceptors (Lipinski definition) is 2. The number of aromatic nitrogens is 2. The van der Waals surface area contributed by atoms with Gasteiger partial charge in [-0.1, -0.05) is 13.8 Å². The molecule has 0 aliphatic carbocycles. The van der Waals surface area contributed by atoms with Crippen molar-refractivity contribution in [2.24, 2.45) is 7.05 Å². The summed E-state index contributed by atoms with van der Waals surface area (Å²) < 4.78 is 2.41. The zero-order chi connectivity index (χ0) is 13.9. The quantitative estimate of drug-likeness (QED) is 0.836. The summed E-state index contributed by atoms with van der Waals surface area (Å²) in [4.78, 5) is 14.5. The molecule has 0 fully saturated rings. The van der Waals surface area contributed by atoms with Gasteiger partial charge < -0.3 is 4.90 Å². The first kappa shape index (κ1) is 15.2. The van der Waals surface area contributed by atoms with Crippen LogP contribution in [-0.4, -0.2) is 32.7 Å². The van der Waals surface area contributed by atoms with Crippen molar-refractivity contribution in [1.82, 2.24) is 14.7 Å². The molecule has 1 aromatic rings. The van der Waals surface area contributed by atoms with E-state index in [1.807, 2.05) is 11.9 Å². The van der Waals surface area contributed by atoms with Crippen LogP contribution in [0.2, 0.25) is 0 Å². The molecule has 0 aliphatic heterocycles. The van der Waals surface area contributed by atoms with Gasteiger partial charge in [0, 0.05) is 25.3 Å². The Bertz CT molecular complexity index is 406. The van der Waals surface area contributed by atoms with Crippen LogP contribution in [0.4, 0.5) is 0 Å². The third-order valence-electron chi connectivity index (χ3n) is 3.35. The van der Waals surface area contributed by atoms with Crippen molar-refractivity contribution in [3.05, 3.63) is 16.4 Å². The van der Waals surface area contributed by atoms with Crippen molar-refractivity contribution in [2.75, 3.05) is 0 Å². The predicted molar refractivity (Wildman–Crippen MR) is 76.6 cm³/mol. The SMILES string of the molecule is CC[C@H](C)N(C(=O)c1nn(C)cc1Br)[C@@H](C)CC. The van der Waals surface area contributed by atoms with Gasteiger partial charge in [-0.05, 0) is 42.6 Å². The van der Waals surface area contributed by atoms with E-state index < -0.39 is 0 Å². The summed E-state index contributed by atoms with van der Waals surface area (Å²) >= 11 is 3.40. The third-order valence-corrected chi connectivity index (χ3v) is 3.93. The first-order valence-corrected chi connectivity index (χ1v) is 7.23. The van der Waals surface area contributed by atoms with E-state index in [-0.39, 0.29) is 18.0 Å². The summed E-state index contributed by atoms with van der Waals surface area (Å²) in [6, 6.07) is 0.447. The van der Waals surface area contributed by atoms with Crippen LogP contribution in [0.3, 0.4) is 0 Å². The molecular weight excluding hydrogens is 294 g/mol. The van der Waals surface area contributed by atoms with Crippen LogP contribution >= 0.6 is 15.9 Å². The maximum Gasteiger partial charge on any atom is 0.276 e. The highest BCUT2D eigenvalue weighted by atomic mass is 79.9. The smallest absolute Gasteiger partial charge is 0.276 e. The van der Waals surface area contributed by atoms with E-state index in [1.54, 1.807) is 10.9 Å². The third kappa shape index (κ3) is 3.13. The molecule has 1 rings (SSSR count). The lowest BCUT2D eigenvalue weighted by atomic mass is 10.1. The van der Waals surface area contributed by atoms with Crippen molar-refractivity contribution in [2.45, 2.75) is 52.6 Å². The van der Waals surface area contributed by atoms with Gasteiger partial charge >= 0.3 is 0 Å². The largest absolute Gasteiger partial charge is 0.332 e. The highest BCUT2D eigenvalue weighted by molar-refractivity contribution is 9.10. The summed E-state index contributed by atoms with van der Waals surface area (Å²) in [5.74, 6) is 0.00572. The van der Waals surface area contributed by atoms with Gasteiger partial charge in [0.25, 0.3) is 5.91 Å². The van der Waals surface area contributed by atoms with E-state index in [2.05, 4.69) is 48.7 Å². The number of halogens is 1. The molecule has 1 amide bonds. The van der Waals surface area contributed by atoms with E-state index in [4.69, 9.17) is 0 Å². The second-order valence-corrected chi connectivity index (χ2v) is 5.58. The van der Waals surface area contributed by atoms with Crippen LogP contribution in [0, 0.1) is 0 Å². The van der Waals surface area contributed by atoms with E-state index in [0.717, 1.165) is 17.3 Å². The van der Waals surface area contributed by atoms with Crippen molar-refractivity contribution in [3.63, 3.8) is 0 Å². The molecule has 2 atom stereocenters. The van der Waals surface area contributed by atoms with Crippen LogP contribution in [0.1, 0.15) is 51.0 Å². The molecule has 102 valence electrons. The Morgan fingerprint density at radius 1 is 1.39 bits per heavy atom. The standard InChI is InChI=1S/C13H22BrN3O/c1-6-9(3)17(10(4)7-2)13(18)12-11(14)8-16(5)15-12/h8-10H,6-7H2,1-5H3/t9-,10-/m0/s1. The molecule has 0 unspecified atom stereocenters. The summed E-state index contributed by atoms with van der Waals surface area (Å²) in [6.07, 6.45) is 3.69. The van der Waals surface area contributed by atoms with Gasteiger partial charge in [0.05, 0.1) is 4.47 Å². The van der Waals surface area contributed by atoms with Crippen LogP contribution in [0.25, 0.3) is 0 Å². The molecular formula is C13H22BrN3O. The number of carbonyl (C=O) groups excluding carboxylic acids is 1. The second kappa shape index (κ2) is 6.36. The van der Waals surface area contributed by atoms with Crippen molar-refractivity contribution < 1.29 is 4.79 Å². The Hall–Kier alpha value is -0.840. The zero-order valence-corrected chi connectivity index (χ0v) is 13.4. The van der Waals surface area contributed by atoms with E-state index in [9.17, 15) is 4.79 Å². The lowest BCUT2D eigenvalue weighted by Gasteiger charge is -2.33. The zero-order valence-electron chi connectivity index (χ0n) is 11.8. The minimum absolute atomic E-state index is 0.00572.